The van der Waals surface area contributed by atoms with Crippen molar-refractivity contribution in [1.29, 1.82) is 0 Å². The van der Waals surface area contributed by atoms with Crippen LogP contribution in [-0.4, -0.2) is 0 Å². The Labute approximate surface area is 158 Å². The van der Waals surface area contributed by atoms with Crippen molar-refractivity contribution in [2.45, 2.75) is 20.3 Å². The molecule has 0 N–H and O–H groups in total. The van der Waals surface area contributed by atoms with Crippen LogP contribution in [0, 0.1) is 12.8 Å². The lowest BCUT2D eigenvalue weighted by Gasteiger charge is -2.10. The van der Waals surface area contributed by atoms with Crippen LogP contribution in [0.1, 0.15) is 29.2 Å². The molecule has 2 aromatic carbocycles. The van der Waals surface area contributed by atoms with E-state index in [4.69, 9.17) is 0 Å². The Morgan fingerprint density at radius 2 is 1.81 bits per heavy atom. The van der Waals surface area contributed by atoms with Crippen LogP contribution >= 0.6 is 0 Å². The highest BCUT2D eigenvalue weighted by atomic mass is 14.1. The van der Waals surface area contributed by atoms with Gasteiger partial charge in [0, 0.05) is 0 Å². The Kier molecular flexibility index (Phi) is 7.17. The molecular formula is C26H28. The largest absolute Gasteiger partial charge is 0.0988 e. The van der Waals surface area contributed by atoms with Gasteiger partial charge in [-0.15, -0.1) is 0 Å². The SMILES string of the molecule is C=C/C(=C\C=C/C(C)C(=C)c1ccccc1)Cc1ccc(C=C)c(C)c1. The second-order valence-corrected chi connectivity index (χ2v) is 6.58. The minimum Gasteiger partial charge on any atom is -0.0988 e. The van der Waals surface area contributed by atoms with E-state index in [-0.39, 0.29) is 5.92 Å². The van der Waals surface area contributed by atoms with Crippen LogP contribution in [0.25, 0.3) is 11.6 Å². The number of benzene rings is 2. The van der Waals surface area contributed by atoms with E-state index in [1.54, 1.807) is 0 Å². The van der Waals surface area contributed by atoms with Gasteiger partial charge in [-0.1, -0.05) is 106 Å². The fourth-order valence-electron chi connectivity index (χ4n) is 2.89. The predicted molar refractivity (Wildman–Crippen MR) is 117 cm³/mol. The topological polar surface area (TPSA) is 0 Å². The van der Waals surface area contributed by atoms with Gasteiger partial charge in [0.15, 0.2) is 0 Å². The summed E-state index contributed by atoms with van der Waals surface area (Å²) in [5, 5.41) is 0. The molecule has 0 nitrogen and oxygen atoms in total. The van der Waals surface area contributed by atoms with Gasteiger partial charge in [-0.05, 0) is 52.7 Å². The van der Waals surface area contributed by atoms with Gasteiger partial charge < -0.3 is 0 Å². The molecule has 2 aromatic rings. The summed E-state index contributed by atoms with van der Waals surface area (Å²) in [7, 11) is 0. The minimum atomic E-state index is 0.286. The van der Waals surface area contributed by atoms with Crippen LogP contribution in [0.3, 0.4) is 0 Å². The molecule has 0 fully saturated rings. The van der Waals surface area contributed by atoms with E-state index in [1.807, 2.05) is 30.4 Å². The maximum atomic E-state index is 4.24. The smallest absolute Gasteiger partial charge is 0.000726 e. The van der Waals surface area contributed by atoms with Gasteiger partial charge in [0.1, 0.15) is 0 Å². The molecule has 0 spiro atoms. The van der Waals surface area contributed by atoms with E-state index in [9.17, 15) is 0 Å². The third-order valence-corrected chi connectivity index (χ3v) is 4.63. The summed E-state index contributed by atoms with van der Waals surface area (Å²) >= 11 is 0. The molecule has 0 saturated carbocycles. The fraction of sp³-hybridized carbons (Fsp3) is 0.154. The van der Waals surface area contributed by atoms with Crippen molar-refractivity contribution < 1.29 is 0 Å². The molecule has 0 heteroatoms. The molecule has 26 heavy (non-hydrogen) atoms. The molecule has 0 heterocycles. The van der Waals surface area contributed by atoms with Crippen molar-refractivity contribution in [1.82, 2.24) is 0 Å². The maximum absolute atomic E-state index is 4.24. The molecule has 0 aliphatic heterocycles. The first-order valence-corrected chi connectivity index (χ1v) is 9.01. The fourth-order valence-corrected chi connectivity index (χ4v) is 2.89. The zero-order valence-electron chi connectivity index (χ0n) is 15.9. The highest BCUT2D eigenvalue weighted by Crippen LogP contribution is 2.22. The summed E-state index contributed by atoms with van der Waals surface area (Å²) in [5.41, 5.74) is 7.25. The number of rotatable bonds is 8. The summed E-state index contributed by atoms with van der Waals surface area (Å²) in [6.07, 6.45) is 11.1. The average molecular weight is 341 g/mol. The van der Waals surface area contributed by atoms with Crippen molar-refractivity contribution in [2.24, 2.45) is 5.92 Å². The van der Waals surface area contributed by atoms with Gasteiger partial charge in [0.2, 0.25) is 0 Å². The van der Waals surface area contributed by atoms with E-state index in [0.717, 1.165) is 12.0 Å². The molecule has 0 aliphatic carbocycles. The van der Waals surface area contributed by atoms with E-state index < -0.39 is 0 Å². The van der Waals surface area contributed by atoms with Crippen LogP contribution in [0.4, 0.5) is 0 Å². The van der Waals surface area contributed by atoms with Crippen molar-refractivity contribution >= 4 is 11.6 Å². The second-order valence-electron chi connectivity index (χ2n) is 6.58. The summed E-state index contributed by atoms with van der Waals surface area (Å²) in [6.45, 7) is 16.3. The zero-order valence-corrected chi connectivity index (χ0v) is 15.9. The van der Waals surface area contributed by atoms with Crippen LogP contribution < -0.4 is 0 Å². The number of hydrogen-bond donors (Lipinski definition) is 0. The Morgan fingerprint density at radius 3 is 2.42 bits per heavy atom. The van der Waals surface area contributed by atoms with E-state index in [2.05, 4.69) is 82.1 Å². The molecule has 0 bridgehead atoms. The van der Waals surface area contributed by atoms with Crippen molar-refractivity contribution in [2.75, 3.05) is 0 Å². The molecule has 2 rings (SSSR count). The standard InChI is InChI=1S/C26H28/c1-6-23(19-24-16-17-25(7-2)21(4)18-24)13-11-12-20(3)22(5)26-14-9-8-10-15-26/h6-18,20H,1-2,5,19H2,3-4H3/b12-11-,23-13+. The van der Waals surface area contributed by atoms with Crippen LogP contribution in [-0.2, 0) is 6.42 Å². The van der Waals surface area contributed by atoms with Crippen LogP contribution in [0.5, 0.6) is 0 Å². The molecule has 0 radical (unpaired) electrons. The molecule has 0 aromatic heterocycles. The first-order chi connectivity index (χ1) is 12.5. The van der Waals surface area contributed by atoms with Gasteiger partial charge in [0.25, 0.3) is 0 Å². The third kappa shape index (κ3) is 5.32. The molecule has 1 atom stereocenters. The predicted octanol–water partition coefficient (Wildman–Crippen LogP) is 7.20. The van der Waals surface area contributed by atoms with E-state index in [1.165, 1.54) is 27.8 Å². The maximum Gasteiger partial charge on any atom is -0.000726 e. The summed E-state index contributed by atoms with van der Waals surface area (Å²) in [4.78, 5) is 0. The van der Waals surface area contributed by atoms with Gasteiger partial charge >= 0.3 is 0 Å². The zero-order chi connectivity index (χ0) is 18.9. The Bertz CT molecular complexity index is 832. The lowest BCUT2D eigenvalue weighted by Crippen LogP contribution is -1.93. The Morgan fingerprint density at radius 1 is 1.08 bits per heavy atom. The molecule has 0 saturated heterocycles. The first-order valence-electron chi connectivity index (χ1n) is 9.01. The minimum absolute atomic E-state index is 0.286. The van der Waals surface area contributed by atoms with Crippen molar-refractivity contribution in [3.05, 3.63) is 120 Å². The van der Waals surface area contributed by atoms with Crippen molar-refractivity contribution in [3.8, 4) is 0 Å². The number of allylic oxidation sites excluding steroid dienone is 6. The van der Waals surface area contributed by atoms with E-state index >= 15 is 0 Å². The molecule has 1 unspecified atom stereocenters. The third-order valence-electron chi connectivity index (χ3n) is 4.63. The lowest BCUT2D eigenvalue weighted by atomic mass is 9.95. The van der Waals surface area contributed by atoms with Gasteiger partial charge in [0.05, 0.1) is 0 Å². The molecule has 132 valence electrons. The monoisotopic (exact) mass is 340 g/mol. The number of hydrogen-bond acceptors (Lipinski definition) is 0. The lowest BCUT2D eigenvalue weighted by molar-refractivity contribution is 0.967. The van der Waals surface area contributed by atoms with Crippen LogP contribution in [0.15, 0.2) is 98.1 Å². The van der Waals surface area contributed by atoms with Gasteiger partial charge in [-0.2, -0.15) is 0 Å². The summed E-state index contributed by atoms with van der Waals surface area (Å²) < 4.78 is 0. The first kappa shape index (κ1) is 19.5. The summed E-state index contributed by atoms with van der Waals surface area (Å²) in [5.74, 6) is 0.286. The average Bonchev–Trinajstić information content (AvgIpc) is 2.67. The van der Waals surface area contributed by atoms with Crippen molar-refractivity contribution in [3.63, 3.8) is 0 Å². The summed E-state index contributed by atoms with van der Waals surface area (Å²) in [6, 6.07) is 16.8. The van der Waals surface area contributed by atoms with Gasteiger partial charge in [-0.25, -0.2) is 0 Å². The van der Waals surface area contributed by atoms with E-state index in [0.29, 0.717) is 0 Å². The molecular weight excluding hydrogens is 312 g/mol. The highest BCUT2D eigenvalue weighted by molar-refractivity contribution is 5.66. The quantitative estimate of drug-likeness (QED) is 0.446. The highest BCUT2D eigenvalue weighted by Gasteiger charge is 2.04. The second kappa shape index (κ2) is 9.58. The normalized spacial score (nSPS) is 12.8. The molecule has 0 aliphatic rings. The van der Waals surface area contributed by atoms with Gasteiger partial charge in [-0.3, -0.25) is 0 Å². The molecule has 0 amide bonds. The number of aryl methyl sites for hydroxylation is 1. The van der Waals surface area contributed by atoms with Crippen LogP contribution in [0.2, 0.25) is 0 Å². The Hall–Kier alpha value is -2.86. The Balaban J connectivity index is 2.05.